The SMILES string of the molecule is CSc1ccc(S(=O)(=O)N2CCN(C=O)CC2)cc1C(=O)N1CCC(C)CC1. The first-order valence-electron chi connectivity index (χ1n) is 9.53. The van der Waals surface area contributed by atoms with Gasteiger partial charge in [-0.05, 0) is 43.2 Å². The van der Waals surface area contributed by atoms with Crippen molar-refractivity contribution < 1.29 is 18.0 Å². The average Bonchev–Trinajstić information content (AvgIpc) is 2.73. The maximum atomic E-state index is 13.1. The van der Waals surface area contributed by atoms with E-state index in [1.807, 2.05) is 11.2 Å². The Labute approximate surface area is 171 Å². The quantitative estimate of drug-likeness (QED) is 0.530. The second kappa shape index (κ2) is 8.84. The van der Waals surface area contributed by atoms with Crippen LogP contribution in [-0.4, -0.2) is 80.4 Å². The van der Waals surface area contributed by atoms with E-state index in [4.69, 9.17) is 0 Å². The fourth-order valence-corrected chi connectivity index (χ4v) is 5.61. The Morgan fingerprint density at radius 3 is 2.32 bits per heavy atom. The number of benzene rings is 1. The summed E-state index contributed by atoms with van der Waals surface area (Å²) in [5.74, 6) is 0.514. The third-order valence-corrected chi connectivity index (χ3v) is 8.22. The number of carbonyl (C=O) groups is 2. The summed E-state index contributed by atoms with van der Waals surface area (Å²) < 4.78 is 27.5. The molecule has 0 aliphatic carbocycles. The van der Waals surface area contributed by atoms with E-state index in [9.17, 15) is 18.0 Å². The average molecular weight is 426 g/mol. The zero-order valence-electron chi connectivity index (χ0n) is 16.3. The lowest BCUT2D eigenvalue weighted by Gasteiger charge is -2.32. The smallest absolute Gasteiger partial charge is 0.255 e. The molecular formula is C19H27N3O4S2. The molecule has 3 rings (SSSR count). The summed E-state index contributed by atoms with van der Waals surface area (Å²) in [6.45, 7) is 4.88. The number of thioether (sulfide) groups is 1. The van der Waals surface area contributed by atoms with Crippen molar-refractivity contribution >= 4 is 34.1 Å². The van der Waals surface area contributed by atoms with Gasteiger partial charge in [0.1, 0.15) is 0 Å². The molecule has 0 unspecified atom stereocenters. The number of amides is 2. The molecule has 0 spiro atoms. The van der Waals surface area contributed by atoms with Gasteiger partial charge in [0, 0.05) is 44.2 Å². The van der Waals surface area contributed by atoms with Crippen LogP contribution in [-0.2, 0) is 14.8 Å². The van der Waals surface area contributed by atoms with E-state index < -0.39 is 10.0 Å². The Hall–Kier alpha value is -1.58. The normalized spacial score (nSPS) is 19.6. The number of hydrogen-bond acceptors (Lipinski definition) is 5. The summed E-state index contributed by atoms with van der Waals surface area (Å²) in [5, 5.41) is 0. The molecule has 2 aliphatic heterocycles. The van der Waals surface area contributed by atoms with E-state index in [-0.39, 0.29) is 23.9 Å². The Kier molecular flexibility index (Phi) is 6.67. The molecule has 0 saturated carbocycles. The lowest BCUT2D eigenvalue weighted by atomic mass is 9.98. The number of carbonyl (C=O) groups excluding carboxylic acids is 2. The van der Waals surface area contributed by atoms with Crippen LogP contribution in [0.4, 0.5) is 0 Å². The first-order valence-corrected chi connectivity index (χ1v) is 12.2. The van der Waals surface area contributed by atoms with Crippen LogP contribution in [0.2, 0.25) is 0 Å². The van der Waals surface area contributed by atoms with Crippen molar-refractivity contribution in [3.05, 3.63) is 23.8 Å². The summed E-state index contributed by atoms with van der Waals surface area (Å²) in [6.07, 6.45) is 4.57. The monoisotopic (exact) mass is 425 g/mol. The van der Waals surface area contributed by atoms with Gasteiger partial charge in [0.15, 0.2) is 0 Å². The molecule has 28 heavy (non-hydrogen) atoms. The van der Waals surface area contributed by atoms with Gasteiger partial charge in [-0.15, -0.1) is 11.8 Å². The molecule has 2 aliphatic rings. The molecule has 9 heteroatoms. The van der Waals surface area contributed by atoms with Crippen LogP contribution in [0.1, 0.15) is 30.1 Å². The lowest BCUT2D eigenvalue weighted by molar-refractivity contribution is -0.119. The first kappa shape index (κ1) is 21.1. The van der Waals surface area contributed by atoms with Gasteiger partial charge in [0.2, 0.25) is 16.4 Å². The van der Waals surface area contributed by atoms with Crippen LogP contribution < -0.4 is 0 Å². The number of nitrogens with zero attached hydrogens (tertiary/aromatic N) is 3. The number of sulfonamides is 1. The summed E-state index contributed by atoms with van der Waals surface area (Å²) in [6, 6.07) is 4.81. The third kappa shape index (κ3) is 4.36. The molecule has 2 saturated heterocycles. The van der Waals surface area contributed by atoms with E-state index in [1.54, 1.807) is 17.0 Å². The number of likely N-dealkylation sites (tertiary alicyclic amines) is 1. The summed E-state index contributed by atoms with van der Waals surface area (Å²) in [5.41, 5.74) is 0.453. The Bertz CT molecular complexity index is 828. The molecule has 154 valence electrons. The second-order valence-corrected chi connectivity index (χ2v) is 10.2. The Balaban J connectivity index is 1.86. The van der Waals surface area contributed by atoms with Crippen LogP contribution in [0.15, 0.2) is 28.0 Å². The number of piperidine rings is 1. The molecule has 1 aromatic rings. The Morgan fingerprint density at radius 1 is 1.11 bits per heavy atom. The molecule has 0 radical (unpaired) electrons. The van der Waals surface area contributed by atoms with Crippen LogP contribution in [0, 0.1) is 5.92 Å². The van der Waals surface area contributed by atoms with Gasteiger partial charge < -0.3 is 9.80 Å². The minimum atomic E-state index is -3.70. The molecule has 2 amide bonds. The molecular weight excluding hydrogens is 398 g/mol. The van der Waals surface area contributed by atoms with E-state index >= 15 is 0 Å². The van der Waals surface area contributed by atoms with Gasteiger partial charge in [-0.25, -0.2) is 8.42 Å². The summed E-state index contributed by atoms with van der Waals surface area (Å²) >= 11 is 1.45. The fraction of sp³-hybridized carbons (Fsp3) is 0.579. The standard InChI is InChI=1S/C19H27N3O4S2/c1-15-5-7-21(8-6-15)19(24)17-13-16(3-4-18(17)27-2)28(25,26)22-11-9-20(14-23)10-12-22/h3-4,13-15H,5-12H2,1-2H3. The maximum absolute atomic E-state index is 13.1. The Morgan fingerprint density at radius 2 is 1.75 bits per heavy atom. The van der Waals surface area contributed by atoms with Crippen molar-refractivity contribution in [2.24, 2.45) is 5.92 Å². The highest BCUT2D eigenvalue weighted by Crippen LogP contribution is 2.28. The van der Waals surface area contributed by atoms with Crippen LogP contribution in [0.5, 0.6) is 0 Å². The van der Waals surface area contributed by atoms with Gasteiger partial charge in [-0.3, -0.25) is 9.59 Å². The molecule has 0 N–H and O–H groups in total. The number of piperazine rings is 1. The number of rotatable bonds is 5. The predicted molar refractivity (Wildman–Crippen MR) is 109 cm³/mol. The van der Waals surface area contributed by atoms with Crippen molar-refractivity contribution in [2.45, 2.75) is 29.6 Å². The highest BCUT2D eigenvalue weighted by Gasteiger charge is 2.30. The van der Waals surface area contributed by atoms with Crippen molar-refractivity contribution in [3.63, 3.8) is 0 Å². The van der Waals surface area contributed by atoms with Crippen molar-refractivity contribution in [1.29, 1.82) is 0 Å². The third-order valence-electron chi connectivity index (χ3n) is 5.53. The van der Waals surface area contributed by atoms with E-state index in [1.165, 1.54) is 22.1 Å². The summed E-state index contributed by atoms with van der Waals surface area (Å²) in [7, 11) is -3.70. The molecule has 2 fully saturated rings. The zero-order valence-corrected chi connectivity index (χ0v) is 18.0. The van der Waals surface area contributed by atoms with Gasteiger partial charge in [-0.2, -0.15) is 4.31 Å². The predicted octanol–water partition coefficient (Wildman–Crippen LogP) is 1.74. The van der Waals surface area contributed by atoms with Crippen molar-refractivity contribution in [3.8, 4) is 0 Å². The van der Waals surface area contributed by atoms with Gasteiger partial charge >= 0.3 is 0 Å². The fourth-order valence-electron chi connectivity index (χ4n) is 3.60. The zero-order chi connectivity index (χ0) is 20.3. The number of hydrogen-bond donors (Lipinski definition) is 0. The highest BCUT2D eigenvalue weighted by molar-refractivity contribution is 7.98. The maximum Gasteiger partial charge on any atom is 0.255 e. The molecule has 2 heterocycles. The topological polar surface area (TPSA) is 78.0 Å². The first-order chi connectivity index (χ1) is 13.4. The summed E-state index contributed by atoms with van der Waals surface area (Å²) in [4.78, 5) is 28.3. The van der Waals surface area contributed by atoms with Crippen LogP contribution in [0.3, 0.4) is 0 Å². The molecule has 0 bridgehead atoms. The van der Waals surface area contributed by atoms with Crippen molar-refractivity contribution in [2.75, 3.05) is 45.5 Å². The van der Waals surface area contributed by atoms with Crippen LogP contribution in [0.25, 0.3) is 0 Å². The van der Waals surface area contributed by atoms with Crippen molar-refractivity contribution in [1.82, 2.24) is 14.1 Å². The van der Waals surface area contributed by atoms with Gasteiger partial charge in [0.25, 0.3) is 5.91 Å². The molecule has 1 aromatic carbocycles. The molecule has 7 nitrogen and oxygen atoms in total. The van der Waals surface area contributed by atoms with Gasteiger partial charge in [0.05, 0.1) is 10.5 Å². The lowest BCUT2D eigenvalue weighted by Crippen LogP contribution is -2.48. The van der Waals surface area contributed by atoms with Gasteiger partial charge in [-0.1, -0.05) is 6.92 Å². The molecule has 0 atom stereocenters. The van der Waals surface area contributed by atoms with Crippen LogP contribution >= 0.6 is 11.8 Å². The largest absolute Gasteiger partial charge is 0.343 e. The van der Waals surface area contributed by atoms with E-state index in [0.717, 1.165) is 24.1 Å². The van der Waals surface area contributed by atoms with E-state index in [2.05, 4.69) is 6.92 Å². The molecule has 0 aromatic heterocycles. The minimum Gasteiger partial charge on any atom is -0.343 e. The van der Waals surface area contributed by atoms with E-state index in [0.29, 0.717) is 37.7 Å². The second-order valence-electron chi connectivity index (χ2n) is 7.38. The highest BCUT2D eigenvalue weighted by atomic mass is 32.2. The minimum absolute atomic E-state index is 0.0981.